The van der Waals surface area contributed by atoms with E-state index in [9.17, 15) is 0 Å². The van der Waals surface area contributed by atoms with E-state index in [1.165, 1.54) is 22.7 Å². The Morgan fingerprint density at radius 1 is 0.643 bits per heavy atom. The molecule has 4 rings (SSSR count). The van der Waals surface area contributed by atoms with Crippen LogP contribution in [0.5, 0.6) is 0 Å². The number of rotatable bonds is 5. The molecule has 2 heteroatoms. The van der Waals surface area contributed by atoms with Crippen LogP contribution in [0.3, 0.4) is 0 Å². The molecule has 2 aliphatic rings. The number of hydrogen-bond donors (Lipinski definition) is 0. The summed E-state index contributed by atoms with van der Waals surface area (Å²) in [6.45, 7) is 4.73. The fourth-order valence-electron chi connectivity index (χ4n) is 3.18. The quantitative estimate of drug-likeness (QED) is 0.397. The van der Waals surface area contributed by atoms with Crippen LogP contribution in [0.2, 0.25) is 0 Å². The zero-order chi connectivity index (χ0) is 19.0. The van der Waals surface area contributed by atoms with E-state index in [1.807, 2.05) is 32.1 Å². The topological polar surface area (TPSA) is 0 Å². The van der Waals surface area contributed by atoms with Crippen molar-refractivity contribution in [3.05, 3.63) is 130 Å². The van der Waals surface area contributed by atoms with E-state index in [2.05, 4.69) is 100 Å². The predicted molar refractivity (Wildman–Crippen MR) is 119 cm³/mol. The minimum absolute atomic E-state index is 0. The van der Waals surface area contributed by atoms with Crippen molar-refractivity contribution in [3.63, 3.8) is 0 Å². The molecule has 0 amide bonds. The Labute approximate surface area is 185 Å². The summed E-state index contributed by atoms with van der Waals surface area (Å²) in [4.78, 5) is 0. The van der Waals surface area contributed by atoms with Crippen LogP contribution in [0, 0.1) is 63.4 Å². The molecule has 2 aromatic carbocycles. The summed E-state index contributed by atoms with van der Waals surface area (Å²) in [7, 11) is -0.325. The Kier molecular flexibility index (Phi) is 10.3. The molecule has 10 radical (unpaired) electrons. The van der Waals surface area contributed by atoms with Crippen LogP contribution < -0.4 is 5.30 Å². The maximum Gasteiger partial charge on any atom is 2.00 e. The molecule has 142 valence electrons. The van der Waals surface area contributed by atoms with Gasteiger partial charge in [-0.3, -0.25) is 0 Å². The van der Waals surface area contributed by atoms with Crippen LogP contribution in [0.4, 0.5) is 0 Å². The number of benzene rings is 2. The fourth-order valence-corrected chi connectivity index (χ4v) is 5.88. The van der Waals surface area contributed by atoms with Crippen LogP contribution in [-0.2, 0) is 22.5 Å². The first kappa shape index (κ1) is 23.7. The van der Waals surface area contributed by atoms with Gasteiger partial charge in [-0.15, -0.1) is 0 Å². The molecule has 2 aliphatic carbocycles. The average molecular weight is 426 g/mol. The van der Waals surface area contributed by atoms with Gasteiger partial charge in [-0.2, -0.15) is 0 Å². The van der Waals surface area contributed by atoms with Gasteiger partial charge < -0.3 is 0 Å². The molecule has 0 aromatic heterocycles. The third kappa shape index (κ3) is 7.02. The standard InChI is InChI=1S/C21H22P.C5H5.Fe/c1-21(2,18-11-5-3-6-12-18)17-22(20-15-9-10-16-20)19-13-7-4-8-14-19;1-2-4-5-3-1;/h3-16H,17H2,1-2H3;1-5H;/q;;+2/t22-;;/m0../s1. The van der Waals surface area contributed by atoms with Gasteiger partial charge in [-0.25, -0.2) is 0 Å². The first-order valence-electron chi connectivity index (χ1n) is 9.43. The first-order chi connectivity index (χ1) is 13.2. The van der Waals surface area contributed by atoms with Crippen molar-refractivity contribution in [1.29, 1.82) is 0 Å². The van der Waals surface area contributed by atoms with Gasteiger partial charge in [0.1, 0.15) is 0 Å². The molecule has 0 bridgehead atoms. The van der Waals surface area contributed by atoms with Crippen molar-refractivity contribution < 1.29 is 17.1 Å². The van der Waals surface area contributed by atoms with Crippen molar-refractivity contribution in [2.75, 3.05) is 6.16 Å². The van der Waals surface area contributed by atoms with Crippen molar-refractivity contribution in [2.24, 2.45) is 0 Å². The number of hydrogen-bond acceptors (Lipinski definition) is 0. The Bertz CT molecular complexity index is 635. The summed E-state index contributed by atoms with van der Waals surface area (Å²) in [5.41, 5.74) is 3.07. The monoisotopic (exact) mass is 426 g/mol. The van der Waals surface area contributed by atoms with E-state index in [4.69, 9.17) is 0 Å². The average Bonchev–Trinajstić information content (AvgIpc) is 3.44. The Morgan fingerprint density at radius 2 is 1.11 bits per heavy atom. The second kappa shape index (κ2) is 12.2. The molecule has 0 unspecified atom stereocenters. The summed E-state index contributed by atoms with van der Waals surface area (Å²) in [6, 6.07) is 21.9. The van der Waals surface area contributed by atoms with E-state index in [0.29, 0.717) is 0 Å². The summed E-state index contributed by atoms with van der Waals surface area (Å²) in [6.07, 6.45) is 20.0. The van der Waals surface area contributed by atoms with E-state index in [1.54, 1.807) is 0 Å². The van der Waals surface area contributed by atoms with E-state index < -0.39 is 0 Å². The van der Waals surface area contributed by atoms with Crippen LogP contribution in [0.15, 0.2) is 60.7 Å². The maximum absolute atomic E-state index is 2.36. The fraction of sp³-hybridized carbons (Fsp3) is 0.154. The first-order valence-corrected chi connectivity index (χ1v) is 11.0. The van der Waals surface area contributed by atoms with Crippen LogP contribution in [0.25, 0.3) is 0 Å². The minimum Gasteiger partial charge on any atom is -0.0665 e. The third-order valence-corrected chi connectivity index (χ3v) is 7.64. The largest absolute Gasteiger partial charge is 2.00 e. The summed E-state index contributed by atoms with van der Waals surface area (Å²) in [5.74, 6) is 0. The van der Waals surface area contributed by atoms with Crippen molar-refractivity contribution in [3.8, 4) is 0 Å². The predicted octanol–water partition coefficient (Wildman–Crippen LogP) is 6.15. The van der Waals surface area contributed by atoms with Gasteiger partial charge in [0.05, 0.1) is 0 Å². The van der Waals surface area contributed by atoms with Gasteiger partial charge in [0.2, 0.25) is 0 Å². The molecule has 0 aliphatic heterocycles. The zero-order valence-electron chi connectivity index (χ0n) is 16.5. The van der Waals surface area contributed by atoms with Crippen LogP contribution in [-0.4, -0.2) is 6.16 Å². The Morgan fingerprint density at radius 3 is 1.61 bits per heavy atom. The molecule has 1 atom stereocenters. The van der Waals surface area contributed by atoms with Gasteiger partial charge in [0.25, 0.3) is 0 Å². The van der Waals surface area contributed by atoms with Crippen LogP contribution in [0.1, 0.15) is 19.4 Å². The molecule has 2 fully saturated rings. The SMILES string of the molecule is CC(C)(C[P@]([C]1[CH][CH][CH][CH]1)c1ccccc1)c1ccccc1.[CH]1[CH][CH][CH][CH]1.[Fe+2]. The van der Waals surface area contributed by atoms with E-state index in [-0.39, 0.29) is 30.4 Å². The molecule has 28 heavy (non-hydrogen) atoms. The normalized spacial score (nSPS) is 18.1. The van der Waals surface area contributed by atoms with Crippen molar-refractivity contribution in [2.45, 2.75) is 19.3 Å². The molecular formula is C26H27FeP+2. The molecule has 0 saturated heterocycles. The van der Waals surface area contributed by atoms with Gasteiger partial charge in [0, 0.05) is 5.66 Å². The molecule has 0 heterocycles. The van der Waals surface area contributed by atoms with E-state index in [0.717, 1.165) is 0 Å². The van der Waals surface area contributed by atoms with Crippen molar-refractivity contribution >= 4 is 13.2 Å². The summed E-state index contributed by atoms with van der Waals surface area (Å²) < 4.78 is 0. The van der Waals surface area contributed by atoms with Gasteiger partial charge in [-0.1, -0.05) is 82.4 Å². The Balaban J connectivity index is 0.000000408. The molecule has 2 aromatic rings. The Hall–Kier alpha value is -0.611. The molecular weight excluding hydrogens is 399 g/mol. The maximum atomic E-state index is 2.36. The third-order valence-electron chi connectivity index (χ3n) is 4.69. The second-order valence-corrected chi connectivity index (χ2v) is 9.48. The summed E-state index contributed by atoms with van der Waals surface area (Å²) in [5, 5.41) is 1.47. The molecule has 0 nitrogen and oxygen atoms in total. The van der Waals surface area contributed by atoms with Crippen molar-refractivity contribution in [1.82, 2.24) is 0 Å². The smallest absolute Gasteiger partial charge is 0.0665 e. The second-order valence-electron chi connectivity index (χ2n) is 7.28. The molecule has 2 saturated carbocycles. The van der Waals surface area contributed by atoms with Gasteiger partial charge in [-0.05, 0) is 80.2 Å². The van der Waals surface area contributed by atoms with Gasteiger partial charge in [0.15, 0.2) is 0 Å². The summed E-state index contributed by atoms with van der Waals surface area (Å²) >= 11 is 0. The van der Waals surface area contributed by atoms with E-state index >= 15 is 0 Å². The minimum atomic E-state index is -0.325. The van der Waals surface area contributed by atoms with Gasteiger partial charge >= 0.3 is 17.1 Å². The zero-order valence-corrected chi connectivity index (χ0v) is 18.5. The molecule has 0 N–H and O–H groups in total. The van der Waals surface area contributed by atoms with Crippen LogP contribution >= 0.6 is 7.92 Å². The molecule has 0 spiro atoms.